The van der Waals surface area contributed by atoms with Crippen LogP contribution in [0.2, 0.25) is 0 Å². The lowest BCUT2D eigenvalue weighted by atomic mass is 10.1. The van der Waals surface area contributed by atoms with Crippen molar-refractivity contribution < 1.29 is 28.2 Å². The van der Waals surface area contributed by atoms with Gasteiger partial charge in [-0.05, 0) is 25.5 Å². The van der Waals surface area contributed by atoms with E-state index in [9.17, 15) is 23.1 Å². The van der Waals surface area contributed by atoms with Crippen molar-refractivity contribution in [1.29, 1.82) is 0 Å². The topological polar surface area (TPSA) is 124 Å². The Hall–Kier alpha value is -2.65. The Morgan fingerprint density at radius 1 is 1.07 bits per heavy atom. The van der Waals surface area contributed by atoms with Gasteiger partial charge in [-0.25, -0.2) is 8.42 Å². The molecule has 0 spiro atoms. The third-order valence-corrected chi connectivity index (χ3v) is 6.16. The molecule has 9 heteroatoms. The summed E-state index contributed by atoms with van der Waals surface area (Å²) in [5.41, 5.74) is 0.899. The smallest absolute Gasteiger partial charge is 0.322 e. The fraction of sp³-hybridized carbons (Fsp3) is 0.400. The number of benzene rings is 2. The molecule has 0 heterocycles. The molecule has 0 aliphatic carbocycles. The Balaban J connectivity index is 2.52. The van der Waals surface area contributed by atoms with E-state index in [0.717, 1.165) is 37.0 Å². The number of fused-ring (bicyclic) bond motifs is 1. The van der Waals surface area contributed by atoms with Gasteiger partial charge >= 0.3 is 11.9 Å². The number of hydrogen-bond donors (Lipinski definition) is 3. The molecule has 1 unspecified atom stereocenters. The SMILES string of the molecule is CCCCN(CC)c1cccc2c(S(=O)(=O)NC(CC(=O)O)C(=O)O)cccc12. The van der Waals surface area contributed by atoms with Crippen molar-refractivity contribution in [3.05, 3.63) is 36.4 Å². The van der Waals surface area contributed by atoms with Crippen LogP contribution in [0, 0.1) is 0 Å². The predicted molar refractivity (Wildman–Crippen MR) is 111 cm³/mol. The second-order valence-electron chi connectivity index (χ2n) is 6.67. The molecule has 0 bridgehead atoms. The second kappa shape index (κ2) is 9.71. The molecule has 0 fully saturated rings. The lowest BCUT2D eigenvalue weighted by molar-refractivity contribution is -0.145. The van der Waals surface area contributed by atoms with E-state index < -0.39 is 34.4 Å². The van der Waals surface area contributed by atoms with Gasteiger partial charge in [-0.1, -0.05) is 37.6 Å². The number of carbonyl (C=O) groups is 2. The average molecular weight is 423 g/mol. The monoisotopic (exact) mass is 422 g/mol. The number of rotatable bonds is 11. The first kappa shape index (κ1) is 22.6. The molecule has 2 rings (SSSR count). The summed E-state index contributed by atoms with van der Waals surface area (Å²) in [6.45, 7) is 5.72. The number of anilines is 1. The average Bonchev–Trinajstić information content (AvgIpc) is 2.67. The molecular formula is C20H26N2O6S. The van der Waals surface area contributed by atoms with Gasteiger partial charge < -0.3 is 15.1 Å². The van der Waals surface area contributed by atoms with Gasteiger partial charge in [-0.15, -0.1) is 0 Å². The normalized spacial score (nSPS) is 12.6. The number of nitrogens with one attached hydrogen (secondary N) is 1. The van der Waals surface area contributed by atoms with Crippen LogP contribution in [-0.2, 0) is 19.6 Å². The number of aliphatic carboxylic acids is 2. The predicted octanol–water partition coefficient (Wildman–Crippen LogP) is 2.67. The summed E-state index contributed by atoms with van der Waals surface area (Å²) in [4.78, 5) is 24.3. The molecule has 0 aliphatic heterocycles. The zero-order valence-corrected chi connectivity index (χ0v) is 17.3. The van der Waals surface area contributed by atoms with Crippen LogP contribution in [0.15, 0.2) is 41.3 Å². The van der Waals surface area contributed by atoms with Crippen molar-refractivity contribution in [3.63, 3.8) is 0 Å². The number of sulfonamides is 1. The van der Waals surface area contributed by atoms with Gasteiger partial charge in [0.1, 0.15) is 6.04 Å². The van der Waals surface area contributed by atoms with Crippen molar-refractivity contribution in [3.8, 4) is 0 Å². The number of carboxylic acids is 2. The highest BCUT2D eigenvalue weighted by Gasteiger charge is 2.28. The zero-order chi connectivity index (χ0) is 21.6. The molecule has 0 radical (unpaired) electrons. The van der Waals surface area contributed by atoms with Gasteiger partial charge in [-0.3, -0.25) is 9.59 Å². The highest BCUT2D eigenvalue weighted by atomic mass is 32.2. The van der Waals surface area contributed by atoms with Gasteiger partial charge in [-0.2, -0.15) is 4.72 Å². The van der Waals surface area contributed by atoms with Gasteiger partial charge in [0.25, 0.3) is 0 Å². The van der Waals surface area contributed by atoms with E-state index in [4.69, 9.17) is 5.11 Å². The van der Waals surface area contributed by atoms with E-state index in [1.54, 1.807) is 18.2 Å². The van der Waals surface area contributed by atoms with Crippen molar-refractivity contribution in [2.75, 3.05) is 18.0 Å². The van der Waals surface area contributed by atoms with E-state index in [2.05, 4.69) is 11.8 Å². The first-order valence-corrected chi connectivity index (χ1v) is 10.9. The van der Waals surface area contributed by atoms with Crippen LogP contribution in [0.25, 0.3) is 10.8 Å². The van der Waals surface area contributed by atoms with Gasteiger partial charge in [0.05, 0.1) is 11.3 Å². The maximum absolute atomic E-state index is 12.9. The molecule has 0 aliphatic rings. The molecule has 0 saturated heterocycles. The summed E-state index contributed by atoms with van der Waals surface area (Å²) in [6.07, 6.45) is 1.18. The van der Waals surface area contributed by atoms with E-state index >= 15 is 0 Å². The van der Waals surface area contributed by atoms with E-state index in [-0.39, 0.29) is 4.90 Å². The summed E-state index contributed by atoms with van der Waals surface area (Å²) < 4.78 is 27.8. The highest BCUT2D eigenvalue weighted by molar-refractivity contribution is 7.89. The van der Waals surface area contributed by atoms with Crippen LogP contribution in [0.1, 0.15) is 33.1 Å². The number of unbranched alkanes of at least 4 members (excludes halogenated alkanes) is 1. The van der Waals surface area contributed by atoms with Crippen molar-refractivity contribution in [2.45, 2.75) is 44.0 Å². The second-order valence-corrected chi connectivity index (χ2v) is 8.35. The van der Waals surface area contributed by atoms with E-state index in [1.807, 2.05) is 23.8 Å². The lowest BCUT2D eigenvalue weighted by Crippen LogP contribution is -2.42. The third-order valence-electron chi connectivity index (χ3n) is 4.63. The summed E-state index contributed by atoms with van der Waals surface area (Å²) in [5.74, 6) is -2.96. The summed E-state index contributed by atoms with van der Waals surface area (Å²) >= 11 is 0. The minimum atomic E-state index is -4.26. The van der Waals surface area contributed by atoms with Crippen molar-refractivity contribution in [2.24, 2.45) is 0 Å². The summed E-state index contributed by atoms with van der Waals surface area (Å²) in [7, 11) is -4.26. The van der Waals surface area contributed by atoms with Crippen LogP contribution in [0.3, 0.4) is 0 Å². The van der Waals surface area contributed by atoms with E-state index in [0.29, 0.717) is 5.39 Å². The van der Waals surface area contributed by atoms with Crippen molar-refractivity contribution >= 4 is 38.4 Å². The fourth-order valence-electron chi connectivity index (χ4n) is 3.18. The van der Waals surface area contributed by atoms with Crippen molar-refractivity contribution in [1.82, 2.24) is 4.72 Å². The molecule has 8 nitrogen and oxygen atoms in total. The van der Waals surface area contributed by atoms with Crippen LogP contribution in [0.4, 0.5) is 5.69 Å². The van der Waals surface area contributed by atoms with Gasteiger partial charge in [0, 0.05) is 29.5 Å². The lowest BCUT2D eigenvalue weighted by Gasteiger charge is -2.25. The Morgan fingerprint density at radius 3 is 2.31 bits per heavy atom. The maximum Gasteiger partial charge on any atom is 0.322 e. The quantitative estimate of drug-likeness (QED) is 0.508. The molecule has 0 saturated carbocycles. The van der Waals surface area contributed by atoms with Gasteiger partial charge in [0.2, 0.25) is 10.0 Å². The van der Waals surface area contributed by atoms with Crippen LogP contribution in [-0.4, -0.2) is 49.7 Å². The standard InChI is InChI=1S/C20H26N2O6S/c1-3-5-12-22(4-2)17-10-6-9-15-14(17)8-7-11-18(15)29(27,28)21-16(20(25)26)13-19(23)24/h6-11,16,21H,3-5,12-13H2,1-2H3,(H,23,24)(H,25,26). The molecular weight excluding hydrogens is 396 g/mol. The molecule has 0 amide bonds. The van der Waals surface area contributed by atoms with Crippen LogP contribution >= 0.6 is 0 Å². The number of hydrogen-bond acceptors (Lipinski definition) is 5. The minimum absolute atomic E-state index is 0.0833. The number of nitrogens with zero attached hydrogens (tertiary/aromatic N) is 1. The fourth-order valence-corrected chi connectivity index (χ4v) is 4.59. The highest BCUT2D eigenvalue weighted by Crippen LogP contribution is 2.31. The van der Waals surface area contributed by atoms with E-state index in [1.165, 1.54) is 6.07 Å². The zero-order valence-electron chi connectivity index (χ0n) is 16.5. The first-order valence-electron chi connectivity index (χ1n) is 9.44. The summed E-state index contributed by atoms with van der Waals surface area (Å²) in [6, 6.07) is 8.40. The molecule has 29 heavy (non-hydrogen) atoms. The Kier molecular flexibility index (Phi) is 7.58. The maximum atomic E-state index is 12.9. The van der Waals surface area contributed by atoms with Crippen LogP contribution in [0.5, 0.6) is 0 Å². The Labute approximate surface area is 170 Å². The molecule has 2 aromatic rings. The minimum Gasteiger partial charge on any atom is -0.481 e. The van der Waals surface area contributed by atoms with Crippen LogP contribution < -0.4 is 9.62 Å². The Bertz CT molecular complexity index is 990. The molecule has 2 aromatic carbocycles. The first-order chi connectivity index (χ1) is 13.7. The molecule has 0 aromatic heterocycles. The summed E-state index contributed by atoms with van der Waals surface area (Å²) in [5, 5.41) is 19.2. The van der Waals surface area contributed by atoms with Gasteiger partial charge in [0.15, 0.2) is 0 Å². The molecule has 1 atom stereocenters. The molecule has 3 N–H and O–H groups in total. The Morgan fingerprint density at radius 2 is 1.72 bits per heavy atom. The number of carboxylic acid groups (broad SMARTS) is 2. The molecule has 158 valence electrons. The third kappa shape index (κ3) is 5.45. The largest absolute Gasteiger partial charge is 0.481 e.